The van der Waals surface area contributed by atoms with Crippen molar-refractivity contribution in [3.63, 3.8) is 0 Å². The number of hydrogen-bond donors (Lipinski definition) is 2. The Morgan fingerprint density at radius 3 is 2.74 bits per heavy atom. The highest BCUT2D eigenvalue weighted by Crippen LogP contribution is 2.29. The molecule has 0 aliphatic heterocycles. The molecule has 2 rings (SSSR count). The van der Waals surface area contributed by atoms with E-state index in [2.05, 4.69) is 5.32 Å². The average Bonchev–Trinajstić information content (AvgIpc) is 2.39. The number of ether oxygens (including phenoxy) is 1. The monoisotopic (exact) mass is 277 g/mol. The van der Waals surface area contributed by atoms with Gasteiger partial charge in [0.1, 0.15) is 11.5 Å². The molecule has 0 aliphatic rings. The van der Waals surface area contributed by atoms with Crippen LogP contribution in [0.15, 0.2) is 36.4 Å². The second-order valence-corrected chi connectivity index (χ2v) is 4.70. The lowest BCUT2D eigenvalue weighted by molar-refractivity contribution is 0.416. The van der Waals surface area contributed by atoms with Crippen molar-refractivity contribution in [3.05, 3.63) is 52.5 Å². The molecule has 100 valence electrons. The SMILES string of the molecule is COc1cc(C)ccc1NCc1c(O)cccc1Cl. The van der Waals surface area contributed by atoms with Crippen molar-refractivity contribution in [2.45, 2.75) is 13.5 Å². The highest BCUT2D eigenvalue weighted by atomic mass is 35.5. The summed E-state index contributed by atoms with van der Waals surface area (Å²) in [6, 6.07) is 11.0. The lowest BCUT2D eigenvalue weighted by atomic mass is 10.1. The van der Waals surface area contributed by atoms with E-state index >= 15 is 0 Å². The number of benzene rings is 2. The number of aryl methyl sites for hydroxylation is 1. The molecule has 0 bridgehead atoms. The van der Waals surface area contributed by atoms with Crippen LogP contribution in [0.25, 0.3) is 0 Å². The Kier molecular flexibility index (Phi) is 4.17. The van der Waals surface area contributed by atoms with Gasteiger partial charge in [-0.25, -0.2) is 0 Å². The molecule has 0 heterocycles. The topological polar surface area (TPSA) is 41.5 Å². The number of halogens is 1. The molecule has 0 spiro atoms. The van der Waals surface area contributed by atoms with Gasteiger partial charge >= 0.3 is 0 Å². The van der Waals surface area contributed by atoms with Crippen LogP contribution in [0.5, 0.6) is 11.5 Å². The molecule has 0 aromatic heterocycles. The smallest absolute Gasteiger partial charge is 0.142 e. The molecule has 2 N–H and O–H groups in total. The number of hydrogen-bond acceptors (Lipinski definition) is 3. The maximum Gasteiger partial charge on any atom is 0.142 e. The third-order valence-electron chi connectivity index (χ3n) is 2.91. The van der Waals surface area contributed by atoms with Crippen LogP contribution in [0.4, 0.5) is 5.69 Å². The third kappa shape index (κ3) is 3.12. The lowest BCUT2D eigenvalue weighted by Gasteiger charge is -2.13. The summed E-state index contributed by atoms with van der Waals surface area (Å²) >= 11 is 6.06. The van der Waals surface area contributed by atoms with E-state index in [1.165, 1.54) is 0 Å². The molecular formula is C15H16ClNO2. The maximum absolute atomic E-state index is 9.78. The van der Waals surface area contributed by atoms with E-state index in [-0.39, 0.29) is 5.75 Å². The van der Waals surface area contributed by atoms with Gasteiger partial charge in [0.15, 0.2) is 0 Å². The summed E-state index contributed by atoms with van der Waals surface area (Å²) in [7, 11) is 1.63. The molecule has 0 fully saturated rings. The predicted molar refractivity (Wildman–Crippen MR) is 78.2 cm³/mol. The van der Waals surface area contributed by atoms with Gasteiger partial charge in [-0.3, -0.25) is 0 Å². The number of aromatic hydroxyl groups is 1. The van der Waals surface area contributed by atoms with Crippen LogP contribution in [0.1, 0.15) is 11.1 Å². The van der Waals surface area contributed by atoms with E-state index in [9.17, 15) is 5.11 Å². The molecule has 2 aromatic rings. The summed E-state index contributed by atoms with van der Waals surface area (Å²) in [4.78, 5) is 0. The molecule has 0 radical (unpaired) electrons. The largest absolute Gasteiger partial charge is 0.508 e. The van der Waals surface area contributed by atoms with Gasteiger partial charge in [-0.15, -0.1) is 0 Å². The Labute approximate surface area is 117 Å². The van der Waals surface area contributed by atoms with Crippen molar-refractivity contribution in [2.24, 2.45) is 0 Å². The number of phenolic OH excluding ortho intramolecular Hbond substituents is 1. The summed E-state index contributed by atoms with van der Waals surface area (Å²) in [6.45, 7) is 2.44. The van der Waals surface area contributed by atoms with Crippen molar-refractivity contribution in [1.82, 2.24) is 0 Å². The van der Waals surface area contributed by atoms with Gasteiger partial charge in [0.25, 0.3) is 0 Å². The molecule has 3 nitrogen and oxygen atoms in total. The van der Waals surface area contributed by atoms with Gasteiger partial charge in [-0.05, 0) is 36.8 Å². The zero-order chi connectivity index (χ0) is 13.8. The van der Waals surface area contributed by atoms with E-state index in [4.69, 9.17) is 16.3 Å². The molecule has 0 unspecified atom stereocenters. The first-order valence-corrected chi connectivity index (χ1v) is 6.34. The molecule has 0 saturated carbocycles. The number of rotatable bonds is 4. The van der Waals surface area contributed by atoms with E-state index < -0.39 is 0 Å². The fraction of sp³-hybridized carbons (Fsp3) is 0.200. The summed E-state index contributed by atoms with van der Waals surface area (Å²) in [5, 5.41) is 13.5. The van der Waals surface area contributed by atoms with Gasteiger partial charge in [0.05, 0.1) is 12.8 Å². The Hall–Kier alpha value is -1.87. The fourth-order valence-corrected chi connectivity index (χ4v) is 2.09. The number of phenols is 1. The number of anilines is 1. The van der Waals surface area contributed by atoms with Crippen molar-refractivity contribution in [1.29, 1.82) is 0 Å². The number of nitrogens with one attached hydrogen (secondary N) is 1. The van der Waals surface area contributed by atoms with Crippen molar-refractivity contribution < 1.29 is 9.84 Å². The minimum Gasteiger partial charge on any atom is -0.508 e. The van der Waals surface area contributed by atoms with Crippen LogP contribution < -0.4 is 10.1 Å². The van der Waals surface area contributed by atoms with Gasteiger partial charge in [-0.2, -0.15) is 0 Å². The Bertz CT molecular complexity index is 564. The van der Waals surface area contributed by atoms with Gasteiger partial charge in [0.2, 0.25) is 0 Å². The Balaban J connectivity index is 2.19. The van der Waals surface area contributed by atoms with Gasteiger partial charge < -0.3 is 15.2 Å². The first-order valence-electron chi connectivity index (χ1n) is 5.96. The van der Waals surface area contributed by atoms with Gasteiger partial charge in [0, 0.05) is 17.1 Å². The van der Waals surface area contributed by atoms with Crippen LogP contribution in [-0.4, -0.2) is 12.2 Å². The average molecular weight is 278 g/mol. The van der Waals surface area contributed by atoms with Crippen LogP contribution in [0, 0.1) is 6.92 Å². The first-order chi connectivity index (χ1) is 9.11. The van der Waals surface area contributed by atoms with Crippen molar-refractivity contribution in [3.8, 4) is 11.5 Å². The van der Waals surface area contributed by atoms with Crippen LogP contribution >= 0.6 is 11.6 Å². The van der Waals surface area contributed by atoms with Crippen LogP contribution in [0.3, 0.4) is 0 Å². The molecule has 19 heavy (non-hydrogen) atoms. The zero-order valence-electron chi connectivity index (χ0n) is 10.9. The minimum atomic E-state index is 0.186. The summed E-state index contributed by atoms with van der Waals surface area (Å²) in [6.07, 6.45) is 0. The van der Waals surface area contributed by atoms with Crippen molar-refractivity contribution >= 4 is 17.3 Å². The molecule has 0 amide bonds. The second kappa shape index (κ2) is 5.85. The lowest BCUT2D eigenvalue weighted by Crippen LogP contribution is -2.02. The highest BCUT2D eigenvalue weighted by Gasteiger charge is 2.08. The molecular weight excluding hydrogens is 262 g/mol. The maximum atomic E-state index is 9.78. The number of methoxy groups -OCH3 is 1. The summed E-state index contributed by atoms with van der Waals surface area (Å²) in [5.74, 6) is 0.956. The Morgan fingerprint density at radius 2 is 2.05 bits per heavy atom. The van der Waals surface area contributed by atoms with Crippen LogP contribution in [-0.2, 0) is 6.54 Å². The molecule has 2 aromatic carbocycles. The summed E-state index contributed by atoms with van der Waals surface area (Å²) < 4.78 is 5.32. The van der Waals surface area contributed by atoms with Crippen molar-refractivity contribution in [2.75, 3.05) is 12.4 Å². The molecule has 0 atom stereocenters. The molecule has 4 heteroatoms. The standard InChI is InChI=1S/C15H16ClNO2/c1-10-6-7-13(15(8-10)19-2)17-9-11-12(16)4-3-5-14(11)18/h3-8,17-18H,9H2,1-2H3. The van der Waals surface area contributed by atoms with E-state index in [1.807, 2.05) is 25.1 Å². The Morgan fingerprint density at radius 1 is 1.26 bits per heavy atom. The minimum absolute atomic E-state index is 0.186. The van der Waals surface area contributed by atoms with E-state index in [1.54, 1.807) is 25.3 Å². The molecule has 0 saturated heterocycles. The van der Waals surface area contributed by atoms with E-state index in [0.29, 0.717) is 17.1 Å². The normalized spacial score (nSPS) is 10.3. The first kappa shape index (κ1) is 13.6. The van der Waals surface area contributed by atoms with Gasteiger partial charge in [-0.1, -0.05) is 23.7 Å². The van der Waals surface area contributed by atoms with Crippen LogP contribution in [0.2, 0.25) is 5.02 Å². The molecule has 0 aliphatic carbocycles. The second-order valence-electron chi connectivity index (χ2n) is 4.29. The third-order valence-corrected chi connectivity index (χ3v) is 3.26. The fourth-order valence-electron chi connectivity index (χ4n) is 1.85. The predicted octanol–water partition coefficient (Wildman–Crippen LogP) is 3.97. The van der Waals surface area contributed by atoms with E-state index in [0.717, 1.165) is 17.0 Å². The zero-order valence-corrected chi connectivity index (χ0v) is 11.7. The summed E-state index contributed by atoms with van der Waals surface area (Å²) in [5.41, 5.74) is 2.67. The highest BCUT2D eigenvalue weighted by molar-refractivity contribution is 6.31. The quantitative estimate of drug-likeness (QED) is 0.888.